The van der Waals surface area contributed by atoms with Crippen molar-refractivity contribution in [3.05, 3.63) is 35.0 Å². The van der Waals surface area contributed by atoms with Crippen LogP contribution < -0.4 is 0 Å². The van der Waals surface area contributed by atoms with E-state index >= 15 is 0 Å². The second-order valence-corrected chi connectivity index (χ2v) is 9.60. The molecular formula is C23H24N2O10S2. The summed E-state index contributed by atoms with van der Waals surface area (Å²) in [5.74, 6) is -3.54. The molecule has 0 bridgehead atoms. The smallest absolute Gasteiger partial charge is 0.303 e. The molecule has 3 heterocycles. The number of ether oxygens (including phenoxy) is 5. The van der Waals surface area contributed by atoms with Gasteiger partial charge in [-0.1, -0.05) is 24.0 Å². The molecule has 5 atom stereocenters. The van der Waals surface area contributed by atoms with Gasteiger partial charge in [0.15, 0.2) is 28.9 Å². The van der Waals surface area contributed by atoms with E-state index in [0.29, 0.717) is 5.56 Å². The van der Waals surface area contributed by atoms with Crippen LogP contribution in [0, 0.1) is 0 Å². The predicted molar refractivity (Wildman–Crippen MR) is 131 cm³/mol. The number of amides is 1. The number of pyridine rings is 1. The van der Waals surface area contributed by atoms with E-state index in [2.05, 4.69) is 4.98 Å². The highest BCUT2D eigenvalue weighted by molar-refractivity contribution is 8.26. The minimum atomic E-state index is -1.44. The molecule has 1 aromatic rings. The van der Waals surface area contributed by atoms with E-state index in [1.165, 1.54) is 0 Å². The van der Waals surface area contributed by atoms with Crippen LogP contribution in [0.4, 0.5) is 0 Å². The Kier molecular flexibility index (Phi) is 9.34. The van der Waals surface area contributed by atoms with Gasteiger partial charge in [-0.15, -0.1) is 0 Å². The van der Waals surface area contributed by atoms with Crippen molar-refractivity contribution >= 4 is 64.2 Å². The van der Waals surface area contributed by atoms with E-state index in [-0.39, 0.29) is 9.23 Å². The molecule has 0 N–H and O–H groups in total. The summed E-state index contributed by atoms with van der Waals surface area (Å²) in [6, 6.07) is 3.39. The quantitative estimate of drug-likeness (QED) is 0.208. The van der Waals surface area contributed by atoms with E-state index in [4.69, 9.17) is 35.9 Å². The SMILES string of the molecule is CC(=O)OCC1OC(N2C(=O)/C(=C/c3ccncc3)SC2=S)C(OC(C)=O)C(OC(C)=O)C1OC(C)=O. The Bertz CT molecular complexity index is 1130. The lowest BCUT2D eigenvalue weighted by Crippen LogP contribution is -2.66. The van der Waals surface area contributed by atoms with Crippen LogP contribution in [-0.2, 0) is 47.7 Å². The molecule has 2 fully saturated rings. The summed E-state index contributed by atoms with van der Waals surface area (Å²) < 4.78 is 27.4. The number of hydrogen-bond donors (Lipinski definition) is 0. The molecule has 2 saturated heterocycles. The zero-order chi connectivity index (χ0) is 27.3. The molecule has 3 rings (SSSR count). The Labute approximate surface area is 221 Å². The van der Waals surface area contributed by atoms with Crippen molar-refractivity contribution in [2.24, 2.45) is 0 Å². The second kappa shape index (κ2) is 12.3. The largest absolute Gasteiger partial charge is 0.463 e. The molecule has 14 heteroatoms. The monoisotopic (exact) mass is 552 g/mol. The van der Waals surface area contributed by atoms with Crippen LogP contribution in [0.25, 0.3) is 6.08 Å². The third-order valence-corrected chi connectivity index (χ3v) is 6.38. The van der Waals surface area contributed by atoms with Crippen molar-refractivity contribution in [1.29, 1.82) is 0 Å². The summed E-state index contributed by atoms with van der Waals surface area (Å²) in [5, 5.41) is 0. The van der Waals surface area contributed by atoms with Gasteiger partial charge in [0.1, 0.15) is 12.7 Å². The topological polar surface area (TPSA) is 148 Å². The molecule has 0 aliphatic carbocycles. The summed E-state index contributed by atoms with van der Waals surface area (Å²) in [5.41, 5.74) is 0.692. The van der Waals surface area contributed by atoms with Crippen LogP contribution in [0.1, 0.15) is 33.3 Å². The van der Waals surface area contributed by atoms with Crippen molar-refractivity contribution in [1.82, 2.24) is 9.88 Å². The van der Waals surface area contributed by atoms with E-state index in [1.807, 2.05) is 0 Å². The molecule has 0 radical (unpaired) electrons. The van der Waals surface area contributed by atoms with Gasteiger partial charge in [0.2, 0.25) is 0 Å². The number of thiocarbonyl (C=S) groups is 1. The van der Waals surface area contributed by atoms with Gasteiger partial charge in [0.05, 0.1) is 4.91 Å². The van der Waals surface area contributed by atoms with Crippen LogP contribution in [-0.4, -0.2) is 81.2 Å². The average Bonchev–Trinajstić information content (AvgIpc) is 3.07. The predicted octanol–water partition coefficient (Wildman–Crippen LogP) is 1.37. The highest BCUT2D eigenvalue weighted by atomic mass is 32.2. The summed E-state index contributed by atoms with van der Waals surface area (Å²) in [6.07, 6.45) is -2.09. The normalized spacial score (nSPS) is 26.5. The lowest BCUT2D eigenvalue weighted by atomic mass is 9.96. The maximum Gasteiger partial charge on any atom is 0.303 e. The first kappa shape index (κ1) is 28.2. The van der Waals surface area contributed by atoms with Crippen molar-refractivity contribution < 1.29 is 47.7 Å². The Balaban J connectivity index is 2.05. The van der Waals surface area contributed by atoms with Crippen LogP contribution >= 0.6 is 24.0 Å². The van der Waals surface area contributed by atoms with E-state index in [1.54, 1.807) is 30.6 Å². The number of thioether (sulfide) groups is 1. The molecule has 5 unspecified atom stereocenters. The average molecular weight is 553 g/mol. The summed E-state index contributed by atoms with van der Waals surface area (Å²) in [7, 11) is 0. The molecule has 37 heavy (non-hydrogen) atoms. The van der Waals surface area contributed by atoms with Gasteiger partial charge in [-0.25, -0.2) is 0 Å². The molecule has 0 spiro atoms. The highest BCUT2D eigenvalue weighted by Crippen LogP contribution is 2.39. The number of nitrogens with zero attached hydrogens (tertiary/aromatic N) is 2. The van der Waals surface area contributed by atoms with Gasteiger partial charge < -0.3 is 23.7 Å². The van der Waals surface area contributed by atoms with Crippen molar-refractivity contribution in [2.45, 2.75) is 58.3 Å². The molecule has 0 aromatic carbocycles. The minimum Gasteiger partial charge on any atom is -0.463 e. The van der Waals surface area contributed by atoms with Crippen LogP contribution in [0.5, 0.6) is 0 Å². The molecule has 0 saturated carbocycles. The Hall–Kier alpha value is -3.36. The van der Waals surface area contributed by atoms with Crippen LogP contribution in [0.15, 0.2) is 29.4 Å². The third-order valence-electron chi connectivity index (χ3n) is 5.05. The number of hydrogen-bond acceptors (Lipinski definition) is 13. The molecule has 1 amide bonds. The number of carbonyl (C=O) groups is 5. The Morgan fingerprint density at radius 3 is 2.11 bits per heavy atom. The van der Waals surface area contributed by atoms with Gasteiger partial charge >= 0.3 is 23.9 Å². The van der Waals surface area contributed by atoms with Crippen LogP contribution in [0.2, 0.25) is 0 Å². The first-order chi connectivity index (χ1) is 17.5. The fourth-order valence-electron chi connectivity index (χ4n) is 3.72. The first-order valence-electron chi connectivity index (χ1n) is 11.0. The standard InChI is InChI=1S/C23H24N2O10S2/c1-11(26)31-10-16-18(32-12(2)27)19(33-13(3)28)20(34-14(4)29)22(35-16)25-21(30)17(37-23(25)36)9-15-5-7-24-8-6-15/h5-9,16,18-20,22H,10H2,1-4H3/b17-9-. The highest BCUT2D eigenvalue weighted by Gasteiger charge is 2.56. The Morgan fingerprint density at radius 2 is 1.54 bits per heavy atom. The lowest BCUT2D eigenvalue weighted by Gasteiger charge is -2.46. The van der Waals surface area contributed by atoms with Gasteiger partial charge in [-0.05, 0) is 23.8 Å². The van der Waals surface area contributed by atoms with Crippen LogP contribution in [0.3, 0.4) is 0 Å². The number of esters is 4. The molecular weight excluding hydrogens is 528 g/mol. The Morgan fingerprint density at radius 1 is 0.973 bits per heavy atom. The fourth-order valence-corrected chi connectivity index (χ4v) is 5.03. The lowest BCUT2D eigenvalue weighted by molar-refractivity contribution is -0.268. The van der Waals surface area contributed by atoms with Crippen molar-refractivity contribution in [3.63, 3.8) is 0 Å². The van der Waals surface area contributed by atoms with E-state index in [9.17, 15) is 24.0 Å². The maximum atomic E-state index is 13.4. The van der Waals surface area contributed by atoms with E-state index in [0.717, 1.165) is 44.4 Å². The van der Waals surface area contributed by atoms with Gasteiger partial charge in [0.25, 0.3) is 5.91 Å². The first-order valence-corrected chi connectivity index (χ1v) is 12.2. The molecule has 198 valence electrons. The molecule has 2 aliphatic heterocycles. The minimum absolute atomic E-state index is 0.0752. The molecule has 12 nitrogen and oxygen atoms in total. The second-order valence-electron chi connectivity index (χ2n) is 7.92. The van der Waals surface area contributed by atoms with Gasteiger partial charge in [-0.2, -0.15) is 0 Å². The van der Waals surface area contributed by atoms with Crippen molar-refractivity contribution in [2.75, 3.05) is 6.61 Å². The summed E-state index contributed by atoms with van der Waals surface area (Å²) in [6.45, 7) is 4.08. The zero-order valence-electron chi connectivity index (χ0n) is 20.3. The number of aromatic nitrogens is 1. The van der Waals surface area contributed by atoms with Crippen molar-refractivity contribution in [3.8, 4) is 0 Å². The van der Waals surface area contributed by atoms with Gasteiger partial charge in [-0.3, -0.25) is 33.9 Å². The van der Waals surface area contributed by atoms with E-state index < -0.39 is 67.0 Å². The molecule has 2 aliphatic rings. The third kappa shape index (κ3) is 7.11. The zero-order valence-corrected chi connectivity index (χ0v) is 21.9. The fraction of sp³-hybridized carbons (Fsp3) is 0.435. The molecule has 1 aromatic heterocycles. The summed E-state index contributed by atoms with van der Waals surface area (Å²) in [4.78, 5) is 66.2. The number of carbonyl (C=O) groups excluding carboxylic acids is 5. The maximum absolute atomic E-state index is 13.4. The number of rotatable bonds is 7. The van der Waals surface area contributed by atoms with Gasteiger partial charge in [0, 0.05) is 40.1 Å². The summed E-state index contributed by atoms with van der Waals surface area (Å²) >= 11 is 6.43.